The highest BCUT2D eigenvalue weighted by Crippen LogP contribution is 2.25. The molecule has 0 atom stereocenters. The predicted octanol–water partition coefficient (Wildman–Crippen LogP) is 3.13. The maximum absolute atomic E-state index is 13.1. The number of nitrogens with zero attached hydrogens (tertiary/aromatic N) is 5. The van der Waals surface area contributed by atoms with Crippen LogP contribution in [0.5, 0.6) is 0 Å². The minimum atomic E-state index is -3.73. The van der Waals surface area contributed by atoms with Crippen LogP contribution in [0.25, 0.3) is 22.2 Å². The highest BCUT2D eigenvalue weighted by Gasteiger charge is 2.32. The molecule has 11 heteroatoms. The van der Waals surface area contributed by atoms with Crippen molar-refractivity contribution in [2.24, 2.45) is 0 Å². The van der Waals surface area contributed by atoms with Crippen LogP contribution in [-0.2, 0) is 10.0 Å². The molecule has 1 aromatic carbocycles. The lowest BCUT2D eigenvalue weighted by atomic mass is 10.1. The van der Waals surface area contributed by atoms with Crippen molar-refractivity contribution in [1.82, 2.24) is 29.1 Å². The fourth-order valence-corrected chi connectivity index (χ4v) is 5.59. The third-order valence-electron chi connectivity index (χ3n) is 5.83. The smallest absolute Gasteiger partial charge is 0.291 e. The summed E-state index contributed by atoms with van der Waals surface area (Å²) < 4.78 is 27.6. The third kappa shape index (κ3) is 4.15. The van der Waals surface area contributed by atoms with Gasteiger partial charge in [-0.3, -0.25) is 9.78 Å². The Morgan fingerprint density at radius 3 is 2.47 bits per heavy atom. The number of pyridine rings is 1. The summed E-state index contributed by atoms with van der Waals surface area (Å²) in [5, 5.41) is 1.36. The van der Waals surface area contributed by atoms with Crippen molar-refractivity contribution in [3.05, 3.63) is 71.4 Å². The average Bonchev–Trinajstić information content (AvgIpc) is 3.28. The molecular weight excluding hydrogens is 476 g/mol. The zero-order valence-corrected chi connectivity index (χ0v) is 19.8. The number of piperazine rings is 1. The van der Waals surface area contributed by atoms with Crippen LogP contribution < -0.4 is 0 Å². The fourth-order valence-electron chi connectivity index (χ4n) is 3.98. The van der Waals surface area contributed by atoms with Crippen molar-refractivity contribution in [3.8, 4) is 11.3 Å². The van der Waals surface area contributed by atoms with E-state index in [4.69, 9.17) is 11.6 Å². The molecule has 0 radical (unpaired) electrons. The number of H-pyrrole nitrogens is 1. The third-order valence-corrected chi connectivity index (χ3v) is 7.88. The van der Waals surface area contributed by atoms with Gasteiger partial charge in [-0.25, -0.2) is 18.4 Å². The first-order valence-corrected chi connectivity index (χ1v) is 12.5. The number of rotatable bonds is 4. The van der Waals surface area contributed by atoms with Crippen LogP contribution in [0.3, 0.4) is 0 Å². The molecule has 0 bridgehead atoms. The Labute approximate surface area is 201 Å². The number of aromatic amines is 1. The van der Waals surface area contributed by atoms with E-state index in [0.717, 1.165) is 22.2 Å². The number of carbonyl (C=O) groups is 1. The summed E-state index contributed by atoms with van der Waals surface area (Å²) in [6.07, 6.45) is 4.86. The van der Waals surface area contributed by atoms with Gasteiger partial charge in [0.25, 0.3) is 15.9 Å². The average molecular weight is 497 g/mol. The number of fused-ring (bicyclic) bond motifs is 1. The van der Waals surface area contributed by atoms with Crippen LogP contribution in [0.2, 0.25) is 5.02 Å². The number of aryl methyl sites for hydroxylation is 1. The van der Waals surface area contributed by atoms with Crippen LogP contribution in [0.15, 0.2) is 60.0 Å². The van der Waals surface area contributed by atoms with Gasteiger partial charge >= 0.3 is 0 Å². The molecule has 0 spiro atoms. The van der Waals surface area contributed by atoms with Gasteiger partial charge in [-0.05, 0) is 42.8 Å². The van der Waals surface area contributed by atoms with E-state index >= 15 is 0 Å². The van der Waals surface area contributed by atoms with Crippen molar-refractivity contribution >= 4 is 38.4 Å². The number of hydrogen-bond donors (Lipinski definition) is 1. The van der Waals surface area contributed by atoms with E-state index in [2.05, 4.69) is 19.9 Å². The fraction of sp³-hybridized carbons (Fsp3) is 0.217. The van der Waals surface area contributed by atoms with E-state index in [1.165, 1.54) is 4.31 Å². The van der Waals surface area contributed by atoms with E-state index in [0.29, 0.717) is 10.5 Å². The van der Waals surface area contributed by atoms with Crippen LogP contribution in [0, 0.1) is 6.92 Å². The molecule has 1 aliphatic rings. The molecule has 0 saturated carbocycles. The lowest BCUT2D eigenvalue weighted by Gasteiger charge is -2.33. The summed E-state index contributed by atoms with van der Waals surface area (Å²) in [6.45, 7) is 2.79. The van der Waals surface area contributed by atoms with E-state index in [1.54, 1.807) is 47.8 Å². The van der Waals surface area contributed by atoms with Gasteiger partial charge < -0.3 is 9.88 Å². The Balaban J connectivity index is 1.27. The molecule has 3 aromatic heterocycles. The summed E-state index contributed by atoms with van der Waals surface area (Å²) in [5.41, 5.74) is 3.17. The lowest BCUT2D eigenvalue weighted by Crippen LogP contribution is -2.50. The van der Waals surface area contributed by atoms with Crippen LogP contribution in [-0.4, -0.2) is 69.6 Å². The molecule has 0 unspecified atom stereocenters. The SMILES string of the molecule is Cc1cccnc1-c1cnc(C(=O)N2CCN(S(=O)(=O)c3cc4cc(Cl)ccc4[nH]3)CC2)nc1. The highest BCUT2D eigenvalue weighted by molar-refractivity contribution is 7.89. The summed E-state index contributed by atoms with van der Waals surface area (Å²) in [5.74, 6) is -0.261. The molecule has 1 fully saturated rings. The second-order valence-corrected chi connectivity index (χ2v) is 10.4. The standard InChI is InChI=1S/C23H21ClN6O3S/c1-15-3-2-6-25-21(15)17-13-26-22(27-14-17)23(31)29-7-9-30(10-8-29)34(32,33)20-12-16-11-18(24)4-5-19(16)28-20/h2-6,11-14,28H,7-10H2,1H3. The van der Waals surface area contributed by atoms with Gasteiger partial charge in [-0.2, -0.15) is 4.31 Å². The number of nitrogens with one attached hydrogen (secondary N) is 1. The summed E-state index contributed by atoms with van der Waals surface area (Å²) in [6, 6.07) is 10.5. The molecule has 1 amide bonds. The van der Waals surface area contributed by atoms with Crippen molar-refractivity contribution in [2.45, 2.75) is 11.9 Å². The second-order valence-electron chi connectivity index (χ2n) is 8.03. The van der Waals surface area contributed by atoms with Crippen LogP contribution in [0.1, 0.15) is 16.2 Å². The molecule has 174 valence electrons. The molecule has 1 aliphatic heterocycles. The monoisotopic (exact) mass is 496 g/mol. The van der Waals surface area contributed by atoms with Gasteiger partial charge in [0.05, 0.1) is 5.69 Å². The van der Waals surface area contributed by atoms with Gasteiger partial charge in [-0.1, -0.05) is 17.7 Å². The molecular formula is C23H21ClN6O3S. The molecule has 9 nitrogen and oxygen atoms in total. The number of hydrogen-bond acceptors (Lipinski definition) is 6. The first kappa shape index (κ1) is 22.5. The number of aromatic nitrogens is 4. The number of halogens is 1. The zero-order chi connectivity index (χ0) is 23.9. The Bertz CT molecular complexity index is 1480. The number of benzene rings is 1. The number of amides is 1. The topological polar surface area (TPSA) is 112 Å². The number of carbonyl (C=O) groups excluding carboxylic acids is 1. The first-order chi connectivity index (χ1) is 16.3. The minimum Gasteiger partial charge on any atom is -0.345 e. The summed E-state index contributed by atoms with van der Waals surface area (Å²) in [4.78, 5) is 30.2. The second kappa shape index (κ2) is 8.79. The van der Waals surface area contributed by atoms with E-state index in [-0.39, 0.29) is 42.9 Å². The van der Waals surface area contributed by atoms with Gasteiger partial charge in [0.2, 0.25) is 5.82 Å². The van der Waals surface area contributed by atoms with Gasteiger partial charge in [0.1, 0.15) is 5.03 Å². The van der Waals surface area contributed by atoms with Crippen molar-refractivity contribution in [2.75, 3.05) is 26.2 Å². The first-order valence-electron chi connectivity index (χ1n) is 10.6. The highest BCUT2D eigenvalue weighted by atomic mass is 35.5. The Kier molecular flexibility index (Phi) is 5.80. The summed E-state index contributed by atoms with van der Waals surface area (Å²) >= 11 is 6.01. The maximum atomic E-state index is 13.1. The van der Waals surface area contributed by atoms with E-state index in [9.17, 15) is 13.2 Å². The minimum absolute atomic E-state index is 0.0705. The molecule has 34 heavy (non-hydrogen) atoms. The van der Waals surface area contributed by atoms with Crippen molar-refractivity contribution in [1.29, 1.82) is 0 Å². The largest absolute Gasteiger partial charge is 0.345 e. The van der Waals surface area contributed by atoms with Crippen molar-refractivity contribution < 1.29 is 13.2 Å². The van der Waals surface area contributed by atoms with E-state index in [1.807, 2.05) is 19.1 Å². The predicted molar refractivity (Wildman–Crippen MR) is 128 cm³/mol. The zero-order valence-electron chi connectivity index (χ0n) is 18.3. The molecule has 4 heterocycles. The van der Waals surface area contributed by atoms with Gasteiger partial charge in [0.15, 0.2) is 0 Å². The normalized spacial score (nSPS) is 15.1. The number of sulfonamides is 1. The molecule has 1 saturated heterocycles. The lowest BCUT2D eigenvalue weighted by molar-refractivity contribution is 0.0685. The van der Waals surface area contributed by atoms with Crippen LogP contribution >= 0.6 is 11.6 Å². The Morgan fingerprint density at radius 1 is 1.03 bits per heavy atom. The van der Waals surface area contributed by atoms with Crippen LogP contribution in [0.4, 0.5) is 0 Å². The van der Waals surface area contributed by atoms with Gasteiger partial charge in [0, 0.05) is 66.3 Å². The Hall–Kier alpha value is -3.34. The quantitative estimate of drug-likeness (QED) is 0.464. The molecule has 5 rings (SSSR count). The maximum Gasteiger partial charge on any atom is 0.291 e. The molecule has 1 N–H and O–H groups in total. The van der Waals surface area contributed by atoms with Gasteiger partial charge in [-0.15, -0.1) is 0 Å². The van der Waals surface area contributed by atoms with Crippen molar-refractivity contribution in [3.63, 3.8) is 0 Å². The van der Waals surface area contributed by atoms with E-state index < -0.39 is 10.0 Å². The molecule has 4 aromatic rings. The Morgan fingerprint density at radius 2 is 1.76 bits per heavy atom. The summed E-state index contributed by atoms with van der Waals surface area (Å²) in [7, 11) is -3.73. The molecule has 0 aliphatic carbocycles.